The van der Waals surface area contributed by atoms with Gasteiger partial charge in [0.15, 0.2) is 11.6 Å². The van der Waals surface area contributed by atoms with E-state index in [0.29, 0.717) is 37.1 Å². The lowest BCUT2D eigenvalue weighted by molar-refractivity contribution is 0.0941. The van der Waals surface area contributed by atoms with Gasteiger partial charge >= 0.3 is 0 Å². The van der Waals surface area contributed by atoms with Crippen molar-refractivity contribution in [2.45, 2.75) is 0 Å². The number of fused-ring (bicyclic) bond motifs is 2. The number of methoxy groups -OCH3 is 1. The first kappa shape index (κ1) is 19.9. The first-order valence-electron chi connectivity index (χ1n) is 10.2. The number of anilines is 1. The van der Waals surface area contributed by atoms with Gasteiger partial charge in [-0.2, -0.15) is 0 Å². The van der Waals surface area contributed by atoms with Gasteiger partial charge in [-0.05, 0) is 18.2 Å². The predicted octanol–water partition coefficient (Wildman–Crippen LogP) is 3.05. The number of carbonyl (C=O) groups is 1. The van der Waals surface area contributed by atoms with Gasteiger partial charge in [0.25, 0.3) is 5.91 Å². The molecule has 1 amide bonds. The Morgan fingerprint density at radius 3 is 3.00 bits per heavy atom. The van der Waals surface area contributed by atoms with Crippen molar-refractivity contribution >= 4 is 44.2 Å². The highest BCUT2D eigenvalue weighted by Gasteiger charge is 2.22. The number of carbonyl (C=O) groups excluding carboxylic acids is 1. The van der Waals surface area contributed by atoms with Crippen LogP contribution in [-0.4, -0.2) is 67.4 Å². The molecular weight excluding hydrogens is 414 g/mol. The van der Waals surface area contributed by atoms with Crippen LogP contribution < -0.4 is 10.2 Å². The minimum Gasteiger partial charge on any atom is -0.383 e. The molecule has 1 fully saturated rings. The molecule has 1 saturated heterocycles. The molecule has 1 aliphatic heterocycles. The van der Waals surface area contributed by atoms with Crippen LogP contribution in [-0.2, 0) is 9.47 Å². The highest BCUT2D eigenvalue weighted by atomic mass is 32.1. The largest absolute Gasteiger partial charge is 0.383 e. The van der Waals surface area contributed by atoms with Crippen molar-refractivity contribution in [3.8, 4) is 11.4 Å². The lowest BCUT2D eigenvalue weighted by Gasteiger charge is -2.28. The van der Waals surface area contributed by atoms with Crippen LogP contribution in [0.5, 0.6) is 0 Å². The number of H-pyrrole nitrogens is 1. The zero-order valence-corrected chi connectivity index (χ0v) is 18.0. The molecular formula is C22H23N5O3S. The van der Waals surface area contributed by atoms with Crippen LogP contribution in [0.3, 0.4) is 0 Å². The number of amides is 1. The van der Waals surface area contributed by atoms with Crippen molar-refractivity contribution in [1.82, 2.24) is 20.3 Å². The summed E-state index contributed by atoms with van der Waals surface area (Å²) in [5.41, 5.74) is 2.78. The molecule has 0 aliphatic carbocycles. The Kier molecular flexibility index (Phi) is 5.54. The third kappa shape index (κ3) is 3.87. The highest BCUT2D eigenvalue weighted by Crippen LogP contribution is 2.36. The molecule has 5 rings (SSSR count). The van der Waals surface area contributed by atoms with Crippen LogP contribution in [0.4, 0.5) is 5.82 Å². The van der Waals surface area contributed by atoms with E-state index >= 15 is 0 Å². The fourth-order valence-corrected chi connectivity index (χ4v) is 4.80. The summed E-state index contributed by atoms with van der Waals surface area (Å²) in [5.74, 6) is 1.39. The van der Waals surface area contributed by atoms with E-state index in [1.165, 1.54) is 11.3 Å². The summed E-state index contributed by atoms with van der Waals surface area (Å²) in [6.07, 6.45) is 1.92. The Morgan fingerprint density at radius 2 is 2.16 bits per heavy atom. The summed E-state index contributed by atoms with van der Waals surface area (Å²) < 4.78 is 11.5. The van der Waals surface area contributed by atoms with Gasteiger partial charge in [-0.15, -0.1) is 11.3 Å². The Balaban J connectivity index is 1.62. The molecule has 0 unspecified atom stereocenters. The molecule has 31 heavy (non-hydrogen) atoms. The van der Waals surface area contributed by atoms with Crippen LogP contribution in [0.1, 0.15) is 9.67 Å². The number of morpholine rings is 1. The number of ether oxygens (including phenoxy) is 2. The van der Waals surface area contributed by atoms with E-state index in [4.69, 9.17) is 19.4 Å². The summed E-state index contributed by atoms with van der Waals surface area (Å²) in [6, 6.07) is 9.96. The van der Waals surface area contributed by atoms with Crippen LogP contribution in [0.25, 0.3) is 32.5 Å². The molecule has 1 aliphatic rings. The van der Waals surface area contributed by atoms with E-state index in [2.05, 4.69) is 15.2 Å². The van der Waals surface area contributed by atoms with Gasteiger partial charge in [0.2, 0.25) is 0 Å². The molecule has 1 aromatic carbocycles. The molecule has 9 heteroatoms. The Labute approximate surface area is 183 Å². The Bertz CT molecular complexity index is 1230. The number of thiophene rings is 1. The fourth-order valence-electron chi connectivity index (χ4n) is 3.77. The number of aromatic amines is 1. The van der Waals surface area contributed by atoms with Crippen molar-refractivity contribution in [2.75, 3.05) is 51.5 Å². The third-order valence-corrected chi connectivity index (χ3v) is 6.43. The van der Waals surface area contributed by atoms with Crippen LogP contribution >= 0.6 is 11.3 Å². The molecule has 3 aromatic heterocycles. The van der Waals surface area contributed by atoms with Gasteiger partial charge in [-0.3, -0.25) is 4.79 Å². The minimum atomic E-state index is -0.123. The number of benzene rings is 1. The van der Waals surface area contributed by atoms with E-state index in [1.54, 1.807) is 7.11 Å². The summed E-state index contributed by atoms with van der Waals surface area (Å²) in [4.78, 5) is 28.5. The number of nitrogens with zero attached hydrogens (tertiary/aromatic N) is 3. The van der Waals surface area contributed by atoms with Crippen LogP contribution in [0.15, 0.2) is 36.5 Å². The smallest absolute Gasteiger partial charge is 0.261 e. The maximum absolute atomic E-state index is 12.6. The molecule has 0 bridgehead atoms. The molecule has 0 saturated carbocycles. The van der Waals surface area contributed by atoms with E-state index in [0.717, 1.165) is 45.6 Å². The molecule has 0 spiro atoms. The lowest BCUT2D eigenvalue weighted by Crippen LogP contribution is -2.36. The number of nitrogens with one attached hydrogen (secondary N) is 2. The second-order valence-electron chi connectivity index (χ2n) is 7.29. The molecule has 0 radical (unpaired) electrons. The molecule has 4 heterocycles. The normalized spacial score (nSPS) is 14.4. The van der Waals surface area contributed by atoms with Crippen LogP contribution in [0.2, 0.25) is 0 Å². The van der Waals surface area contributed by atoms with Crippen molar-refractivity contribution in [1.29, 1.82) is 0 Å². The molecule has 2 N–H and O–H groups in total. The SMILES string of the molecule is COCCNC(=O)c1cc2nc(-c3cccc4[nH]ccc34)nc(N3CCOCC3)c2s1. The van der Waals surface area contributed by atoms with E-state index in [1.807, 2.05) is 36.5 Å². The molecule has 4 aromatic rings. The zero-order valence-electron chi connectivity index (χ0n) is 17.2. The van der Waals surface area contributed by atoms with Gasteiger partial charge < -0.3 is 24.7 Å². The summed E-state index contributed by atoms with van der Waals surface area (Å²) in [6.45, 7) is 3.76. The number of hydrogen-bond acceptors (Lipinski definition) is 7. The van der Waals surface area contributed by atoms with Gasteiger partial charge in [0.05, 0.1) is 34.9 Å². The second-order valence-corrected chi connectivity index (χ2v) is 8.34. The molecule has 0 atom stereocenters. The standard InChI is InChI=1S/C22H23N5O3S/c1-29-10-7-24-22(28)18-13-17-19(31-18)21(27-8-11-30-12-9-27)26-20(25-17)15-3-2-4-16-14(15)5-6-23-16/h2-6,13,23H,7-12H2,1H3,(H,24,28). The first-order chi connectivity index (χ1) is 15.2. The van der Waals surface area contributed by atoms with Crippen molar-refractivity contribution in [3.63, 3.8) is 0 Å². The maximum atomic E-state index is 12.6. The van der Waals surface area contributed by atoms with E-state index in [-0.39, 0.29) is 5.91 Å². The lowest BCUT2D eigenvalue weighted by atomic mass is 10.1. The number of hydrogen-bond donors (Lipinski definition) is 2. The average molecular weight is 438 g/mol. The number of rotatable bonds is 6. The van der Waals surface area contributed by atoms with Crippen LogP contribution in [0, 0.1) is 0 Å². The monoisotopic (exact) mass is 437 g/mol. The Hall–Kier alpha value is -3.01. The third-order valence-electron chi connectivity index (χ3n) is 5.32. The zero-order chi connectivity index (χ0) is 21.2. The molecule has 160 valence electrons. The molecule has 8 nitrogen and oxygen atoms in total. The summed E-state index contributed by atoms with van der Waals surface area (Å²) >= 11 is 1.43. The minimum absolute atomic E-state index is 0.123. The quantitative estimate of drug-likeness (QED) is 0.451. The average Bonchev–Trinajstić information content (AvgIpc) is 3.46. The van der Waals surface area contributed by atoms with Crippen molar-refractivity contribution < 1.29 is 14.3 Å². The Morgan fingerprint density at radius 1 is 1.29 bits per heavy atom. The second kappa shape index (κ2) is 8.62. The van der Waals surface area contributed by atoms with E-state index < -0.39 is 0 Å². The number of aromatic nitrogens is 3. The van der Waals surface area contributed by atoms with Crippen molar-refractivity contribution in [2.24, 2.45) is 0 Å². The van der Waals surface area contributed by atoms with Gasteiger partial charge in [0.1, 0.15) is 0 Å². The summed E-state index contributed by atoms with van der Waals surface area (Å²) in [7, 11) is 1.61. The van der Waals surface area contributed by atoms with Gasteiger partial charge in [-0.25, -0.2) is 9.97 Å². The van der Waals surface area contributed by atoms with Gasteiger partial charge in [-0.1, -0.05) is 12.1 Å². The maximum Gasteiger partial charge on any atom is 0.261 e. The topological polar surface area (TPSA) is 92.4 Å². The fraction of sp³-hybridized carbons (Fsp3) is 0.318. The predicted molar refractivity (Wildman–Crippen MR) is 122 cm³/mol. The summed E-state index contributed by atoms with van der Waals surface area (Å²) in [5, 5.41) is 3.96. The van der Waals surface area contributed by atoms with Crippen molar-refractivity contribution in [3.05, 3.63) is 41.4 Å². The van der Waals surface area contributed by atoms with Gasteiger partial charge in [0, 0.05) is 49.4 Å². The highest BCUT2D eigenvalue weighted by molar-refractivity contribution is 7.21. The first-order valence-corrected chi connectivity index (χ1v) is 11.0. The van der Waals surface area contributed by atoms with E-state index in [9.17, 15) is 4.79 Å².